The van der Waals surface area contributed by atoms with E-state index in [1.807, 2.05) is 42.7 Å². The molecular formula is C23H23ClN4O2. The van der Waals surface area contributed by atoms with Crippen molar-refractivity contribution in [2.24, 2.45) is 5.92 Å². The number of benzene rings is 2. The molecule has 1 aliphatic rings. The average molecular weight is 423 g/mol. The molecule has 1 amide bonds. The van der Waals surface area contributed by atoms with Gasteiger partial charge in [-0.15, -0.1) is 0 Å². The number of amides is 1. The molecule has 0 radical (unpaired) electrons. The number of methoxy groups -OCH3 is 1. The van der Waals surface area contributed by atoms with Crippen LogP contribution in [0.1, 0.15) is 12.8 Å². The van der Waals surface area contributed by atoms with E-state index in [1.165, 1.54) is 0 Å². The van der Waals surface area contributed by atoms with Crippen molar-refractivity contribution >= 4 is 29.1 Å². The van der Waals surface area contributed by atoms with E-state index in [1.54, 1.807) is 25.3 Å². The summed E-state index contributed by atoms with van der Waals surface area (Å²) in [6.07, 6.45) is 5.40. The molecule has 1 saturated heterocycles. The van der Waals surface area contributed by atoms with E-state index >= 15 is 0 Å². The highest BCUT2D eigenvalue weighted by molar-refractivity contribution is 6.32. The first-order chi connectivity index (χ1) is 14.6. The van der Waals surface area contributed by atoms with Crippen molar-refractivity contribution in [2.45, 2.75) is 12.8 Å². The Hall–Kier alpha value is -3.12. The summed E-state index contributed by atoms with van der Waals surface area (Å²) >= 11 is 6.16. The van der Waals surface area contributed by atoms with Crippen molar-refractivity contribution < 1.29 is 9.53 Å². The number of anilines is 2. The Balaban J connectivity index is 1.41. The lowest BCUT2D eigenvalue weighted by Crippen LogP contribution is -2.41. The Labute approximate surface area is 180 Å². The van der Waals surface area contributed by atoms with E-state index in [4.69, 9.17) is 16.3 Å². The summed E-state index contributed by atoms with van der Waals surface area (Å²) in [7, 11) is 1.56. The van der Waals surface area contributed by atoms with Crippen LogP contribution in [0.4, 0.5) is 11.6 Å². The zero-order chi connectivity index (χ0) is 20.9. The minimum absolute atomic E-state index is 0.0261. The van der Waals surface area contributed by atoms with Crippen molar-refractivity contribution in [3.63, 3.8) is 0 Å². The SMILES string of the molecule is COc1ccc(NC(=O)[C@@H]2CCCN(c3ncc(-c4ccccc4)cn3)C2)cc1Cl. The second-order valence-corrected chi connectivity index (χ2v) is 7.67. The van der Waals surface area contributed by atoms with Gasteiger partial charge in [-0.05, 0) is 36.6 Å². The molecule has 154 valence electrons. The predicted octanol–water partition coefficient (Wildman–Crippen LogP) is 4.66. The first-order valence-corrected chi connectivity index (χ1v) is 10.3. The standard InChI is InChI=1S/C23H23ClN4O2/c1-30-21-10-9-19(12-20(21)24)27-22(29)17-8-5-11-28(15-17)23-25-13-18(14-26-23)16-6-3-2-4-7-16/h2-4,6-7,9-10,12-14,17H,5,8,11,15H2,1H3,(H,27,29)/t17-/m1/s1. The number of carbonyl (C=O) groups excluding carboxylic acids is 1. The third kappa shape index (κ3) is 4.54. The minimum Gasteiger partial charge on any atom is -0.495 e. The lowest BCUT2D eigenvalue weighted by Gasteiger charge is -2.32. The fourth-order valence-corrected chi connectivity index (χ4v) is 3.88. The minimum atomic E-state index is -0.142. The maximum Gasteiger partial charge on any atom is 0.229 e. The average Bonchev–Trinajstić information content (AvgIpc) is 2.80. The van der Waals surface area contributed by atoms with Crippen LogP contribution in [0, 0.1) is 5.92 Å². The number of hydrogen-bond donors (Lipinski definition) is 1. The van der Waals surface area contributed by atoms with Gasteiger partial charge in [0, 0.05) is 36.7 Å². The van der Waals surface area contributed by atoms with Crippen LogP contribution in [0.15, 0.2) is 60.9 Å². The summed E-state index contributed by atoms with van der Waals surface area (Å²) < 4.78 is 5.16. The topological polar surface area (TPSA) is 67.3 Å². The number of rotatable bonds is 5. The maximum atomic E-state index is 12.8. The summed E-state index contributed by atoms with van der Waals surface area (Å²) in [5.41, 5.74) is 2.71. The Morgan fingerprint density at radius 3 is 2.60 bits per heavy atom. The number of ether oxygens (including phenoxy) is 1. The molecule has 6 nitrogen and oxygen atoms in total. The van der Waals surface area contributed by atoms with E-state index in [0.29, 0.717) is 29.0 Å². The number of aromatic nitrogens is 2. The quantitative estimate of drug-likeness (QED) is 0.647. The van der Waals surface area contributed by atoms with Gasteiger partial charge in [-0.3, -0.25) is 4.79 Å². The number of nitrogens with one attached hydrogen (secondary N) is 1. The summed E-state index contributed by atoms with van der Waals surface area (Å²) in [4.78, 5) is 23.9. The van der Waals surface area contributed by atoms with Crippen LogP contribution in [0.2, 0.25) is 5.02 Å². The second kappa shape index (κ2) is 9.13. The molecule has 2 aromatic carbocycles. The molecule has 3 aromatic rings. The number of piperidine rings is 1. The van der Waals surface area contributed by atoms with Gasteiger partial charge in [0.1, 0.15) is 5.75 Å². The summed E-state index contributed by atoms with van der Waals surface area (Å²) in [6, 6.07) is 15.3. The molecule has 4 rings (SSSR count). The number of carbonyl (C=O) groups is 1. The monoisotopic (exact) mass is 422 g/mol. The zero-order valence-corrected chi connectivity index (χ0v) is 17.5. The Morgan fingerprint density at radius 2 is 1.90 bits per heavy atom. The zero-order valence-electron chi connectivity index (χ0n) is 16.7. The van der Waals surface area contributed by atoms with Gasteiger partial charge in [-0.25, -0.2) is 9.97 Å². The molecule has 0 bridgehead atoms. The molecule has 0 unspecified atom stereocenters. The van der Waals surface area contributed by atoms with Crippen LogP contribution in [0.25, 0.3) is 11.1 Å². The van der Waals surface area contributed by atoms with Gasteiger partial charge in [-0.2, -0.15) is 0 Å². The first kappa shape index (κ1) is 20.2. The normalized spacial score (nSPS) is 16.2. The van der Waals surface area contributed by atoms with Crippen LogP contribution < -0.4 is 15.0 Å². The number of halogens is 1. The second-order valence-electron chi connectivity index (χ2n) is 7.26. The van der Waals surface area contributed by atoms with Gasteiger partial charge in [0.25, 0.3) is 0 Å². The maximum absolute atomic E-state index is 12.8. The Bertz CT molecular complexity index is 1010. The lowest BCUT2D eigenvalue weighted by atomic mass is 9.97. The van der Waals surface area contributed by atoms with Crippen LogP contribution in [-0.2, 0) is 4.79 Å². The molecule has 1 atom stereocenters. The van der Waals surface area contributed by atoms with Gasteiger partial charge in [0.15, 0.2) is 0 Å². The highest BCUT2D eigenvalue weighted by Gasteiger charge is 2.27. The molecule has 0 saturated carbocycles. The fraction of sp³-hybridized carbons (Fsp3) is 0.261. The van der Waals surface area contributed by atoms with Crippen LogP contribution >= 0.6 is 11.6 Å². The molecule has 1 aromatic heterocycles. The van der Waals surface area contributed by atoms with Gasteiger partial charge >= 0.3 is 0 Å². The van der Waals surface area contributed by atoms with Crippen LogP contribution in [0.3, 0.4) is 0 Å². The van der Waals surface area contributed by atoms with Crippen molar-refractivity contribution in [3.05, 3.63) is 65.9 Å². The molecule has 1 fully saturated rings. The van der Waals surface area contributed by atoms with E-state index in [-0.39, 0.29) is 11.8 Å². The van der Waals surface area contributed by atoms with Crippen LogP contribution in [0.5, 0.6) is 5.75 Å². The molecular weight excluding hydrogens is 400 g/mol. The van der Waals surface area contributed by atoms with E-state index < -0.39 is 0 Å². The third-order valence-electron chi connectivity index (χ3n) is 5.24. The third-order valence-corrected chi connectivity index (χ3v) is 5.54. The lowest BCUT2D eigenvalue weighted by molar-refractivity contribution is -0.120. The Kier molecular flexibility index (Phi) is 6.14. The summed E-state index contributed by atoms with van der Waals surface area (Å²) in [5, 5.41) is 3.43. The van der Waals surface area contributed by atoms with Gasteiger partial charge in [0.05, 0.1) is 18.1 Å². The predicted molar refractivity (Wildman–Crippen MR) is 119 cm³/mol. The van der Waals surface area contributed by atoms with Gasteiger partial charge in [0.2, 0.25) is 11.9 Å². The smallest absolute Gasteiger partial charge is 0.229 e. The number of nitrogens with zero attached hydrogens (tertiary/aromatic N) is 3. The highest BCUT2D eigenvalue weighted by Crippen LogP contribution is 2.28. The molecule has 2 heterocycles. The largest absolute Gasteiger partial charge is 0.495 e. The number of hydrogen-bond acceptors (Lipinski definition) is 5. The van der Waals surface area contributed by atoms with Crippen molar-refractivity contribution in [2.75, 3.05) is 30.4 Å². The van der Waals surface area contributed by atoms with Crippen LogP contribution in [-0.4, -0.2) is 36.1 Å². The molecule has 30 heavy (non-hydrogen) atoms. The molecule has 0 aliphatic carbocycles. The fourth-order valence-electron chi connectivity index (χ4n) is 3.63. The summed E-state index contributed by atoms with van der Waals surface area (Å²) in [5.74, 6) is 1.06. The van der Waals surface area contributed by atoms with Gasteiger partial charge < -0.3 is 15.0 Å². The first-order valence-electron chi connectivity index (χ1n) is 9.91. The van der Waals surface area contributed by atoms with Gasteiger partial charge in [-0.1, -0.05) is 41.9 Å². The van der Waals surface area contributed by atoms with Crippen molar-refractivity contribution in [3.8, 4) is 16.9 Å². The highest BCUT2D eigenvalue weighted by atomic mass is 35.5. The molecule has 0 spiro atoms. The molecule has 7 heteroatoms. The molecule has 1 aliphatic heterocycles. The molecule has 1 N–H and O–H groups in total. The van der Waals surface area contributed by atoms with Crippen molar-refractivity contribution in [1.82, 2.24) is 9.97 Å². The van der Waals surface area contributed by atoms with E-state index in [0.717, 1.165) is 30.5 Å². The van der Waals surface area contributed by atoms with E-state index in [9.17, 15) is 4.79 Å². The van der Waals surface area contributed by atoms with Crippen molar-refractivity contribution in [1.29, 1.82) is 0 Å². The summed E-state index contributed by atoms with van der Waals surface area (Å²) in [6.45, 7) is 1.42. The Morgan fingerprint density at radius 1 is 1.13 bits per heavy atom. The van der Waals surface area contributed by atoms with E-state index in [2.05, 4.69) is 20.2 Å².